The van der Waals surface area contributed by atoms with E-state index in [2.05, 4.69) is 33.0 Å². The first-order valence-electron chi connectivity index (χ1n) is 4.97. The molecule has 2 heterocycles. The molecule has 3 nitrogen and oxygen atoms in total. The molecule has 15 heavy (non-hydrogen) atoms. The number of halogens is 1. The van der Waals surface area contributed by atoms with Crippen LogP contribution in [0.25, 0.3) is 0 Å². The fourth-order valence-electron chi connectivity index (χ4n) is 1.69. The van der Waals surface area contributed by atoms with Gasteiger partial charge in [0.1, 0.15) is 0 Å². The van der Waals surface area contributed by atoms with Crippen molar-refractivity contribution in [3.8, 4) is 0 Å². The monoisotopic (exact) mass is 291 g/mol. The molecule has 1 fully saturated rings. The molecule has 0 saturated carbocycles. The Hall–Kier alpha value is 0.0600. The lowest BCUT2D eigenvalue weighted by atomic mass is 10.3. The minimum absolute atomic E-state index is 0.0119. The normalized spacial score (nSPS) is 23.2. The van der Waals surface area contributed by atoms with E-state index in [0.29, 0.717) is 0 Å². The van der Waals surface area contributed by atoms with Crippen LogP contribution in [0.2, 0.25) is 0 Å². The highest BCUT2D eigenvalue weighted by molar-refractivity contribution is 9.11. The Morgan fingerprint density at radius 1 is 1.60 bits per heavy atom. The predicted octanol–water partition coefficient (Wildman–Crippen LogP) is 1.70. The van der Waals surface area contributed by atoms with Crippen molar-refractivity contribution in [2.45, 2.75) is 12.6 Å². The number of hydrogen-bond donors (Lipinski definition) is 1. The van der Waals surface area contributed by atoms with Crippen LogP contribution in [0.5, 0.6) is 0 Å². The van der Waals surface area contributed by atoms with Gasteiger partial charge in [0.2, 0.25) is 0 Å². The zero-order valence-corrected chi connectivity index (χ0v) is 10.8. The van der Waals surface area contributed by atoms with E-state index >= 15 is 0 Å². The van der Waals surface area contributed by atoms with Crippen LogP contribution in [0, 0.1) is 0 Å². The van der Waals surface area contributed by atoms with E-state index in [9.17, 15) is 0 Å². The summed E-state index contributed by atoms with van der Waals surface area (Å²) in [5.41, 5.74) is 0. The molecule has 2 rings (SSSR count). The molecule has 0 aromatic carbocycles. The van der Waals surface area contributed by atoms with Crippen molar-refractivity contribution in [2.24, 2.45) is 0 Å². The number of nitrogens with zero attached hydrogens (tertiary/aromatic N) is 1. The molecule has 1 saturated heterocycles. The van der Waals surface area contributed by atoms with Gasteiger partial charge in [-0.25, -0.2) is 0 Å². The number of aliphatic hydroxyl groups excluding tert-OH is 1. The molecule has 1 atom stereocenters. The number of morpholine rings is 1. The van der Waals surface area contributed by atoms with Crippen LogP contribution in [0.3, 0.4) is 0 Å². The second-order valence-corrected chi connectivity index (χ2v) is 6.16. The molecule has 84 valence electrons. The van der Waals surface area contributed by atoms with Crippen molar-refractivity contribution in [3.63, 3.8) is 0 Å². The first-order chi connectivity index (χ1) is 7.28. The van der Waals surface area contributed by atoms with E-state index in [-0.39, 0.29) is 12.7 Å². The summed E-state index contributed by atoms with van der Waals surface area (Å²) in [5.74, 6) is 0. The highest BCUT2D eigenvalue weighted by atomic mass is 79.9. The average molecular weight is 292 g/mol. The molecule has 1 aromatic heterocycles. The second-order valence-electron chi connectivity index (χ2n) is 3.62. The van der Waals surface area contributed by atoms with E-state index in [0.717, 1.165) is 26.2 Å². The molecule has 1 aliphatic heterocycles. The number of rotatable bonds is 3. The molecule has 0 bridgehead atoms. The quantitative estimate of drug-likeness (QED) is 0.920. The van der Waals surface area contributed by atoms with Gasteiger partial charge in [0.25, 0.3) is 0 Å². The topological polar surface area (TPSA) is 32.7 Å². The number of ether oxygens (including phenoxy) is 1. The summed E-state index contributed by atoms with van der Waals surface area (Å²) in [6.07, 6.45) is -0.0119. The molecule has 1 N–H and O–H groups in total. The number of hydrogen-bond acceptors (Lipinski definition) is 4. The summed E-state index contributed by atoms with van der Waals surface area (Å²) in [6, 6.07) is 4.21. The first kappa shape index (κ1) is 11.5. The third-order valence-corrected chi connectivity index (χ3v) is 4.04. The smallest absolute Gasteiger partial charge is 0.0933 e. The van der Waals surface area contributed by atoms with Crippen LogP contribution in [-0.4, -0.2) is 42.4 Å². The minimum Gasteiger partial charge on any atom is -0.394 e. The number of thiophene rings is 1. The lowest BCUT2D eigenvalue weighted by Crippen LogP contribution is -2.43. The highest BCUT2D eigenvalue weighted by Gasteiger charge is 2.19. The van der Waals surface area contributed by atoms with Gasteiger partial charge in [-0.2, -0.15) is 0 Å². The largest absolute Gasteiger partial charge is 0.394 e. The molecule has 5 heteroatoms. The Morgan fingerprint density at radius 3 is 3.13 bits per heavy atom. The first-order valence-corrected chi connectivity index (χ1v) is 6.58. The van der Waals surface area contributed by atoms with Gasteiger partial charge < -0.3 is 9.84 Å². The summed E-state index contributed by atoms with van der Waals surface area (Å²) in [4.78, 5) is 3.67. The predicted molar refractivity (Wildman–Crippen MR) is 64.1 cm³/mol. The maximum Gasteiger partial charge on any atom is 0.0933 e. The summed E-state index contributed by atoms with van der Waals surface area (Å²) in [7, 11) is 0. The van der Waals surface area contributed by atoms with E-state index < -0.39 is 0 Å². The van der Waals surface area contributed by atoms with Crippen molar-refractivity contribution < 1.29 is 9.84 Å². The maximum absolute atomic E-state index is 9.02. The Bertz CT molecular complexity index is 318. The van der Waals surface area contributed by atoms with Crippen LogP contribution in [0.4, 0.5) is 0 Å². The van der Waals surface area contributed by atoms with Gasteiger partial charge in [0.15, 0.2) is 0 Å². The fourth-order valence-corrected chi connectivity index (χ4v) is 3.22. The summed E-state index contributed by atoms with van der Waals surface area (Å²) in [6.45, 7) is 3.57. The van der Waals surface area contributed by atoms with Crippen molar-refractivity contribution in [2.75, 3.05) is 26.3 Å². The van der Waals surface area contributed by atoms with Crippen LogP contribution in [0.15, 0.2) is 15.9 Å². The Kier molecular flexibility index (Phi) is 4.16. The fraction of sp³-hybridized carbons (Fsp3) is 0.600. The SMILES string of the molecule is OCC1CN(Cc2ccc(Br)s2)CCO1. The Labute approximate surface area is 102 Å². The van der Waals surface area contributed by atoms with Gasteiger partial charge in [-0.3, -0.25) is 4.90 Å². The van der Waals surface area contributed by atoms with Crippen molar-refractivity contribution in [1.29, 1.82) is 0 Å². The molecule has 0 aliphatic carbocycles. The van der Waals surface area contributed by atoms with Crippen LogP contribution >= 0.6 is 27.3 Å². The molecular formula is C10H14BrNO2S. The molecule has 1 unspecified atom stereocenters. The molecule has 0 radical (unpaired) electrons. The molecule has 0 amide bonds. The lowest BCUT2D eigenvalue weighted by molar-refractivity contribution is -0.0548. The second kappa shape index (κ2) is 5.41. The molecule has 1 aromatic rings. The van der Waals surface area contributed by atoms with Gasteiger partial charge in [0, 0.05) is 24.5 Å². The molecular weight excluding hydrogens is 278 g/mol. The van der Waals surface area contributed by atoms with E-state index in [4.69, 9.17) is 9.84 Å². The van der Waals surface area contributed by atoms with Gasteiger partial charge in [-0.05, 0) is 28.1 Å². The zero-order valence-electron chi connectivity index (χ0n) is 8.36. The van der Waals surface area contributed by atoms with Crippen molar-refractivity contribution in [3.05, 3.63) is 20.8 Å². The third kappa shape index (κ3) is 3.26. The molecule has 1 aliphatic rings. The van der Waals surface area contributed by atoms with Crippen LogP contribution in [-0.2, 0) is 11.3 Å². The Balaban J connectivity index is 1.88. The zero-order chi connectivity index (χ0) is 10.7. The average Bonchev–Trinajstić information content (AvgIpc) is 2.64. The highest BCUT2D eigenvalue weighted by Crippen LogP contribution is 2.23. The van der Waals surface area contributed by atoms with E-state index in [1.54, 1.807) is 11.3 Å². The maximum atomic E-state index is 9.02. The lowest BCUT2D eigenvalue weighted by Gasteiger charge is -2.31. The van der Waals surface area contributed by atoms with E-state index in [1.165, 1.54) is 8.66 Å². The number of aliphatic hydroxyl groups is 1. The molecule has 0 spiro atoms. The van der Waals surface area contributed by atoms with Gasteiger partial charge in [-0.1, -0.05) is 0 Å². The summed E-state index contributed by atoms with van der Waals surface area (Å²) >= 11 is 5.22. The van der Waals surface area contributed by atoms with E-state index in [1.807, 2.05) is 0 Å². The van der Waals surface area contributed by atoms with Gasteiger partial charge in [-0.15, -0.1) is 11.3 Å². The summed E-state index contributed by atoms with van der Waals surface area (Å²) < 4.78 is 6.57. The van der Waals surface area contributed by atoms with Crippen LogP contribution in [0.1, 0.15) is 4.88 Å². The summed E-state index contributed by atoms with van der Waals surface area (Å²) in [5, 5.41) is 9.02. The van der Waals surface area contributed by atoms with Crippen molar-refractivity contribution >= 4 is 27.3 Å². The third-order valence-electron chi connectivity index (χ3n) is 2.43. The van der Waals surface area contributed by atoms with Crippen LogP contribution < -0.4 is 0 Å². The van der Waals surface area contributed by atoms with Crippen molar-refractivity contribution in [1.82, 2.24) is 4.90 Å². The standard InChI is InChI=1S/C10H14BrNO2S/c11-10-2-1-9(15-10)6-12-3-4-14-8(5-12)7-13/h1-2,8,13H,3-7H2. The Morgan fingerprint density at radius 2 is 2.47 bits per heavy atom. The van der Waals surface area contributed by atoms with Gasteiger partial charge in [0.05, 0.1) is 23.1 Å². The van der Waals surface area contributed by atoms with Gasteiger partial charge >= 0.3 is 0 Å². The minimum atomic E-state index is -0.0119.